The van der Waals surface area contributed by atoms with Crippen molar-refractivity contribution < 1.29 is 9.47 Å². The SMILES string of the molecule is CC(C)Oc1nccc2c1[C@H]1C=C[C@@H]2O1. The minimum atomic E-state index is 0.0486. The molecule has 0 saturated heterocycles. The summed E-state index contributed by atoms with van der Waals surface area (Å²) in [6.45, 7) is 4.01. The molecule has 3 heterocycles. The normalized spacial score (nSPS) is 26.1. The van der Waals surface area contributed by atoms with Crippen molar-refractivity contribution in [3.05, 3.63) is 35.5 Å². The molecule has 0 N–H and O–H groups in total. The Morgan fingerprint density at radius 3 is 2.93 bits per heavy atom. The second-order valence-electron chi connectivity index (χ2n) is 4.15. The van der Waals surface area contributed by atoms with Crippen LogP contribution in [0.2, 0.25) is 0 Å². The van der Waals surface area contributed by atoms with E-state index in [-0.39, 0.29) is 18.3 Å². The lowest BCUT2D eigenvalue weighted by molar-refractivity contribution is 0.0859. The zero-order valence-corrected chi connectivity index (χ0v) is 8.81. The molecule has 0 saturated carbocycles. The Morgan fingerprint density at radius 2 is 2.13 bits per heavy atom. The third kappa shape index (κ3) is 1.27. The molecule has 78 valence electrons. The van der Waals surface area contributed by atoms with E-state index in [1.165, 1.54) is 5.56 Å². The van der Waals surface area contributed by atoms with Gasteiger partial charge in [-0.1, -0.05) is 12.2 Å². The first-order chi connectivity index (χ1) is 7.25. The van der Waals surface area contributed by atoms with Gasteiger partial charge in [0.05, 0.1) is 11.7 Å². The molecule has 2 atom stereocenters. The highest BCUT2D eigenvalue weighted by atomic mass is 16.5. The molecule has 15 heavy (non-hydrogen) atoms. The zero-order valence-electron chi connectivity index (χ0n) is 8.81. The predicted molar refractivity (Wildman–Crippen MR) is 55.7 cm³/mol. The van der Waals surface area contributed by atoms with Crippen LogP contribution in [0, 0.1) is 0 Å². The van der Waals surface area contributed by atoms with E-state index >= 15 is 0 Å². The monoisotopic (exact) mass is 203 g/mol. The number of pyridine rings is 1. The summed E-state index contributed by atoms with van der Waals surface area (Å²) in [4.78, 5) is 4.27. The van der Waals surface area contributed by atoms with E-state index in [0.717, 1.165) is 11.4 Å². The van der Waals surface area contributed by atoms with E-state index < -0.39 is 0 Å². The number of hydrogen-bond donors (Lipinski definition) is 0. The van der Waals surface area contributed by atoms with Gasteiger partial charge in [0.25, 0.3) is 0 Å². The molecule has 1 aromatic heterocycles. The number of hydrogen-bond acceptors (Lipinski definition) is 3. The lowest BCUT2D eigenvalue weighted by Crippen LogP contribution is -2.10. The predicted octanol–water partition coefficient (Wildman–Crippen LogP) is 2.55. The summed E-state index contributed by atoms with van der Waals surface area (Å²) in [5.41, 5.74) is 2.31. The summed E-state index contributed by atoms with van der Waals surface area (Å²) in [7, 11) is 0. The molecule has 0 radical (unpaired) electrons. The highest BCUT2D eigenvalue weighted by Gasteiger charge is 2.36. The Morgan fingerprint density at radius 1 is 1.33 bits per heavy atom. The van der Waals surface area contributed by atoms with E-state index in [1.54, 1.807) is 6.20 Å². The molecule has 0 aromatic carbocycles. The number of fused-ring (bicyclic) bond motifs is 5. The van der Waals surface area contributed by atoms with Crippen molar-refractivity contribution in [1.82, 2.24) is 4.98 Å². The van der Waals surface area contributed by atoms with Crippen LogP contribution in [0.5, 0.6) is 5.88 Å². The smallest absolute Gasteiger partial charge is 0.220 e. The van der Waals surface area contributed by atoms with E-state index in [1.807, 2.05) is 19.9 Å². The Hall–Kier alpha value is -1.35. The molecule has 1 aromatic rings. The highest BCUT2D eigenvalue weighted by Crippen LogP contribution is 2.48. The first-order valence-electron chi connectivity index (χ1n) is 5.25. The van der Waals surface area contributed by atoms with Gasteiger partial charge in [0.1, 0.15) is 12.2 Å². The molecule has 3 heteroatoms. The Bertz CT molecular complexity index is 426. The largest absolute Gasteiger partial charge is 0.475 e. The van der Waals surface area contributed by atoms with Crippen molar-refractivity contribution in [3.63, 3.8) is 0 Å². The van der Waals surface area contributed by atoms with Gasteiger partial charge in [0.15, 0.2) is 0 Å². The van der Waals surface area contributed by atoms with E-state index in [9.17, 15) is 0 Å². The minimum Gasteiger partial charge on any atom is -0.475 e. The van der Waals surface area contributed by atoms with Crippen molar-refractivity contribution in [3.8, 4) is 5.88 Å². The minimum absolute atomic E-state index is 0.0486. The van der Waals surface area contributed by atoms with Crippen molar-refractivity contribution >= 4 is 0 Å². The zero-order chi connectivity index (χ0) is 10.4. The van der Waals surface area contributed by atoms with Crippen LogP contribution in [-0.4, -0.2) is 11.1 Å². The first-order valence-corrected chi connectivity index (χ1v) is 5.25. The molecule has 0 fully saturated rings. The Labute approximate surface area is 88.7 Å². The third-order valence-corrected chi connectivity index (χ3v) is 2.68. The summed E-state index contributed by atoms with van der Waals surface area (Å²) in [5.74, 6) is 0.722. The van der Waals surface area contributed by atoms with E-state index in [0.29, 0.717) is 0 Å². The quantitative estimate of drug-likeness (QED) is 0.692. The summed E-state index contributed by atoms with van der Waals surface area (Å²) >= 11 is 0. The van der Waals surface area contributed by atoms with Gasteiger partial charge >= 0.3 is 0 Å². The summed E-state index contributed by atoms with van der Waals surface area (Å²) in [6, 6.07) is 2.01. The molecule has 0 unspecified atom stereocenters. The van der Waals surface area contributed by atoms with Crippen molar-refractivity contribution in [2.24, 2.45) is 0 Å². The van der Waals surface area contributed by atoms with Gasteiger partial charge in [-0.2, -0.15) is 0 Å². The van der Waals surface area contributed by atoms with Gasteiger partial charge in [-0.25, -0.2) is 4.98 Å². The lowest BCUT2D eigenvalue weighted by atomic mass is 9.99. The van der Waals surface area contributed by atoms with Gasteiger partial charge in [-0.3, -0.25) is 0 Å². The van der Waals surface area contributed by atoms with Gasteiger partial charge in [-0.15, -0.1) is 0 Å². The van der Waals surface area contributed by atoms with Crippen molar-refractivity contribution in [1.29, 1.82) is 0 Å². The molecule has 3 nitrogen and oxygen atoms in total. The van der Waals surface area contributed by atoms with Crippen molar-refractivity contribution in [2.45, 2.75) is 32.2 Å². The molecular formula is C12H13NO2. The van der Waals surface area contributed by atoms with Crippen LogP contribution in [0.1, 0.15) is 37.2 Å². The van der Waals surface area contributed by atoms with Crippen molar-refractivity contribution in [2.75, 3.05) is 0 Å². The van der Waals surface area contributed by atoms with Crippen LogP contribution in [0.4, 0.5) is 0 Å². The molecule has 0 aliphatic carbocycles. The third-order valence-electron chi connectivity index (χ3n) is 2.68. The van der Waals surface area contributed by atoms with Crippen LogP contribution < -0.4 is 4.74 Å². The second kappa shape index (κ2) is 3.07. The maximum atomic E-state index is 5.73. The van der Waals surface area contributed by atoms with E-state index in [4.69, 9.17) is 9.47 Å². The van der Waals surface area contributed by atoms with Gasteiger partial charge in [0.2, 0.25) is 5.88 Å². The van der Waals surface area contributed by atoms with Crippen LogP contribution in [0.25, 0.3) is 0 Å². The molecule has 0 spiro atoms. The standard InChI is InChI=1S/C12H13NO2/c1-7(2)14-12-11-8(5-6-13-12)9-3-4-10(11)15-9/h3-7,9-10H,1-2H3/t9-,10+/m0/s1. The molecule has 2 aliphatic heterocycles. The molecule has 2 bridgehead atoms. The number of aromatic nitrogens is 1. The lowest BCUT2D eigenvalue weighted by Gasteiger charge is -2.14. The first kappa shape index (κ1) is 8.92. The number of nitrogens with zero attached hydrogens (tertiary/aromatic N) is 1. The summed E-state index contributed by atoms with van der Waals surface area (Å²) in [5, 5.41) is 0. The maximum absolute atomic E-state index is 5.73. The summed E-state index contributed by atoms with van der Waals surface area (Å²) in [6.07, 6.45) is 6.25. The van der Waals surface area contributed by atoms with Crippen LogP contribution in [0.15, 0.2) is 24.4 Å². The topological polar surface area (TPSA) is 31.4 Å². The Balaban J connectivity index is 2.06. The number of rotatable bonds is 2. The average Bonchev–Trinajstić information content (AvgIpc) is 2.77. The fraction of sp³-hybridized carbons (Fsp3) is 0.417. The summed E-state index contributed by atoms with van der Waals surface area (Å²) < 4.78 is 11.4. The fourth-order valence-electron chi connectivity index (χ4n) is 2.11. The van der Waals surface area contributed by atoms with Crippen LogP contribution in [-0.2, 0) is 4.74 Å². The maximum Gasteiger partial charge on any atom is 0.220 e. The average molecular weight is 203 g/mol. The van der Waals surface area contributed by atoms with Crippen LogP contribution in [0.3, 0.4) is 0 Å². The van der Waals surface area contributed by atoms with Gasteiger partial charge < -0.3 is 9.47 Å². The molecule has 2 aliphatic rings. The van der Waals surface area contributed by atoms with Gasteiger partial charge in [0, 0.05) is 6.20 Å². The molecular weight excluding hydrogens is 190 g/mol. The highest BCUT2D eigenvalue weighted by molar-refractivity contribution is 5.47. The Kier molecular flexibility index (Phi) is 1.83. The van der Waals surface area contributed by atoms with E-state index in [2.05, 4.69) is 17.1 Å². The number of ether oxygens (including phenoxy) is 2. The van der Waals surface area contributed by atoms with Crippen LogP contribution >= 0.6 is 0 Å². The second-order valence-corrected chi connectivity index (χ2v) is 4.15. The molecule has 3 rings (SSSR count). The molecule has 0 amide bonds. The van der Waals surface area contributed by atoms with Gasteiger partial charge in [-0.05, 0) is 25.5 Å². The fourth-order valence-corrected chi connectivity index (χ4v) is 2.11.